The molecular weight excluding hydrogens is 267 g/mol. The quantitative estimate of drug-likeness (QED) is 0.799. The number of hydrogen-bond acceptors (Lipinski definition) is 2. The molecule has 0 bridgehead atoms. The van der Waals surface area contributed by atoms with Gasteiger partial charge in [-0.15, -0.1) is 0 Å². The minimum atomic E-state index is -4.42. The van der Waals surface area contributed by atoms with Crippen molar-refractivity contribution < 1.29 is 18.0 Å². The lowest BCUT2D eigenvalue weighted by Gasteiger charge is -2.07. The Morgan fingerprint density at radius 3 is 2.50 bits per heavy atom. The molecule has 0 spiro atoms. The zero-order valence-electron chi connectivity index (χ0n) is 10.5. The second kappa shape index (κ2) is 5.86. The molecule has 0 saturated carbocycles. The molecule has 1 aromatic heterocycles. The molecule has 1 heterocycles. The van der Waals surface area contributed by atoms with Crippen LogP contribution in [-0.4, -0.2) is 11.3 Å². The summed E-state index contributed by atoms with van der Waals surface area (Å²) in [6, 6.07) is 10.9. The molecular formula is C15H12F3NO. The first kappa shape index (κ1) is 14.2. The first-order chi connectivity index (χ1) is 9.49. The van der Waals surface area contributed by atoms with Crippen molar-refractivity contribution in [3.8, 4) is 0 Å². The van der Waals surface area contributed by atoms with E-state index in [-0.39, 0.29) is 0 Å². The molecule has 1 aromatic carbocycles. The third kappa shape index (κ3) is 3.66. The van der Waals surface area contributed by atoms with Gasteiger partial charge in [-0.2, -0.15) is 13.2 Å². The van der Waals surface area contributed by atoms with Crippen LogP contribution in [0, 0.1) is 0 Å². The molecule has 5 heteroatoms. The van der Waals surface area contributed by atoms with Gasteiger partial charge in [-0.3, -0.25) is 4.79 Å². The summed E-state index contributed by atoms with van der Waals surface area (Å²) >= 11 is 0. The second-order valence-corrected chi connectivity index (χ2v) is 4.37. The lowest BCUT2D eigenvalue weighted by Crippen LogP contribution is -2.09. The van der Waals surface area contributed by atoms with Crippen LogP contribution in [0.1, 0.15) is 27.3 Å². The second-order valence-electron chi connectivity index (χ2n) is 4.37. The molecule has 0 aliphatic rings. The summed E-state index contributed by atoms with van der Waals surface area (Å²) < 4.78 is 37.6. The Labute approximate surface area is 114 Å². The number of aromatic nitrogens is 1. The van der Waals surface area contributed by atoms with Crippen LogP contribution in [-0.2, 0) is 19.0 Å². The number of alkyl halides is 3. The van der Waals surface area contributed by atoms with E-state index in [0.29, 0.717) is 24.1 Å². The van der Waals surface area contributed by atoms with Gasteiger partial charge in [0.2, 0.25) is 0 Å². The van der Waals surface area contributed by atoms with E-state index in [1.54, 1.807) is 24.3 Å². The summed E-state index contributed by atoms with van der Waals surface area (Å²) in [5.41, 5.74) is 0.960. The Balaban J connectivity index is 2.09. The van der Waals surface area contributed by atoms with Crippen molar-refractivity contribution in [1.82, 2.24) is 4.98 Å². The van der Waals surface area contributed by atoms with E-state index in [4.69, 9.17) is 0 Å². The average Bonchev–Trinajstić information content (AvgIpc) is 2.45. The van der Waals surface area contributed by atoms with Gasteiger partial charge in [0.25, 0.3) is 0 Å². The summed E-state index contributed by atoms with van der Waals surface area (Å²) in [7, 11) is 0. The number of halogens is 3. The van der Waals surface area contributed by atoms with Gasteiger partial charge in [-0.1, -0.05) is 24.3 Å². The van der Waals surface area contributed by atoms with Gasteiger partial charge in [0.15, 0.2) is 0 Å². The molecule has 0 radical (unpaired) electrons. The standard InChI is InChI=1S/C15H12F3NO/c16-15(17,18)14-6-2-5-13(19-14)8-7-11-3-1-4-12(9-11)10-20/h1-6,9-10H,7-8H2. The van der Waals surface area contributed by atoms with E-state index in [1.165, 1.54) is 6.07 Å². The fourth-order valence-electron chi connectivity index (χ4n) is 1.87. The number of aryl methyl sites for hydroxylation is 2. The minimum Gasteiger partial charge on any atom is -0.298 e. The van der Waals surface area contributed by atoms with Gasteiger partial charge >= 0.3 is 6.18 Å². The smallest absolute Gasteiger partial charge is 0.298 e. The SMILES string of the molecule is O=Cc1cccc(CCc2cccc(C(F)(F)F)n2)c1. The number of hydrogen-bond donors (Lipinski definition) is 0. The average molecular weight is 279 g/mol. The number of nitrogens with zero attached hydrogens (tertiary/aromatic N) is 1. The fourth-order valence-corrected chi connectivity index (χ4v) is 1.87. The van der Waals surface area contributed by atoms with Gasteiger partial charge in [0.1, 0.15) is 12.0 Å². The molecule has 0 N–H and O–H groups in total. The van der Waals surface area contributed by atoms with Crippen LogP contribution in [0.2, 0.25) is 0 Å². The van der Waals surface area contributed by atoms with E-state index in [1.807, 2.05) is 6.07 Å². The van der Waals surface area contributed by atoms with Crippen molar-refractivity contribution in [3.63, 3.8) is 0 Å². The maximum Gasteiger partial charge on any atom is 0.433 e. The number of benzene rings is 1. The fraction of sp³-hybridized carbons (Fsp3) is 0.200. The molecule has 0 unspecified atom stereocenters. The van der Waals surface area contributed by atoms with E-state index in [2.05, 4.69) is 4.98 Å². The Kier molecular flexibility index (Phi) is 4.17. The molecule has 0 aliphatic heterocycles. The number of carbonyl (C=O) groups is 1. The Bertz CT molecular complexity index is 608. The third-order valence-corrected chi connectivity index (χ3v) is 2.85. The van der Waals surface area contributed by atoms with E-state index < -0.39 is 11.9 Å². The molecule has 0 aliphatic carbocycles. The van der Waals surface area contributed by atoms with Gasteiger partial charge < -0.3 is 0 Å². The third-order valence-electron chi connectivity index (χ3n) is 2.85. The molecule has 0 amide bonds. The Morgan fingerprint density at radius 2 is 1.80 bits per heavy atom. The molecule has 0 fully saturated rings. The molecule has 0 saturated heterocycles. The van der Waals surface area contributed by atoms with Crippen molar-refractivity contribution in [1.29, 1.82) is 0 Å². The summed E-state index contributed by atoms with van der Waals surface area (Å²) in [6.45, 7) is 0. The summed E-state index contributed by atoms with van der Waals surface area (Å²) in [6.07, 6.45) is -2.75. The van der Waals surface area contributed by atoms with E-state index in [9.17, 15) is 18.0 Å². The van der Waals surface area contributed by atoms with Crippen molar-refractivity contribution in [2.24, 2.45) is 0 Å². The number of aldehydes is 1. The minimum absolute atomic E-state index is 0.385. The number of rotatable bonds is 4. The topological polar surface area (TPSA) is 30.0 Å². The van der Waals surface area contributed by atoms with Crippen LogP contribution >= 0.6 is 0 Å². The first-order valence-corrected chi connectivity index (χ1v) is 6.06. The predicted molar refractivity (Wildman–Crippen MR) is 68.5 cm³/mol. The van der Waals surface area contributed by atoms with Crippen molar-refractivity contribution in [2.45, 2.75) is 19.0 Å². The van der Waals surface area contributed by atoms with Gasteiger partial charge in [0.05, 0.1) is 0 Å². The van der Waals surface area contributed by atoms with Crippen molar-refractivity contribution in [2.75, 3.05) is 0 Å². The molecule has 104 valence electrons. The maximum absolute atomic E-state index is 12.5. The summed E-state index contributed by atoms with van der Waals surface area (Å²) in [5.74, 6) is 0. The van der Waals surface area contributed by atoms with Crippen molar-refractivity contribution in [3.05, 3.63) is 65.0 Å². The highest BCUT2D eigenvalue weighted by molar-refractivity contribution is 5.74. The molecule has 2 nitrogen and oxygen atoms in total. The lowest BCUT2D eigenvalue weighted by atomic mass is 10.1. The van der Waals surface area contributed by atoms with E-state index >= 15 is 0 Å². The predicted octanol–water partition coefficient (Wildman–Crippen LogP) is 3.70. The van der Waals surface area contributed by atoms with Crippen molar-refractivity contribution >= 4 is 6.29 Å². The molecule has 2 aromatic rings. The number of pyridine rings is 1. The monoisotopic (exact) mass is 279 g/mol. The van der Waals surface area contributed by atoms with Gasteiger partial charge in [-0.05, 0) is 36.6 Å². The highest BCUT2D eigenvalue weighted by Crippen LogP contribution is 2.27. The largest absolute Gasteiger partial charge is 0.433 e. The van der Waals surface area contributed by atoms with E-state index in [0.717, 1.165) is 17.9 Å². The van der Waals surface area contributed by atoms with Crippen LogP contribution in [0.25, 0.3) is 0 Å². The first-order valence-electron chi connectivity index (χ1n) is 6.06. The Morgan fingerprint density at radius 1 is 1.05 bits per heavy atom. The number of carbonyl (C=O) groups excluding carboxylic acids is 1. The zero-order valence-corrected chi connectivity index (χ0v) is 10.5. The van der Waals surface area contributed by atoms with Crippen LogP contribution in [0.5, 0.6) is 0 Å². The lowest BCUT2D eigenvalue weighted by molar-refractivity contribution is -0.141. The Hall–Kier alpha value is -2.17. The van der Waals surface area contributed by atoms with Crippen LogP contribution in [0.15, 0.2) is 42.5 Å². The van der Waals surface area contributed by atoms with Crippen LogP contribution < -0.4 is 0 Å². The van der Waals surface area contributed by atoms with Crippen LogP contribution in [0.3, 0.4) is 0 Å². The zero-order chi connectivity index (χ0) is 14.6. The molecule has 20 heavy (non-hydrogen) atoms. The normalized spacial score (nSPS) is 11.3. The van der Waals surface area contributed by atoms with Gasteiger partial charge in [0, 0.05) is 11.3 Å². The maximum atomic E-state index is 12.5. The molecule has 0 atom stereocenters. The molecule has 2 rings (SSSR count). The highest BCUT2D eigenvalue weighted by atomic mass is 19.4. The highest BCUT2D eigenvalue weighted by Gasteiger charge is 2.32. The summed E-state index contributed by atoms with van der Waals surface area (Å²) in [5, 5.41) is 0. The summed E-state index contributed by atoms with van der Waals surface area (Å²) in [4.78, 5) is 14.3. The van der Waals surface area contributed by atoms with Gasteiger partial charge in [-0.25, -0.2) is 4.98 Å². The van der Waals surface area contributed by atoms with Crippen LogP contribution in [0.4, 0.5) is 13.2 Å².